The van der Waals surface area contributed by atoms with Crippen LogP contribution in [0.3, 0.4) is 0 Å². The number of para-hydroxylation sites is 1. The first-order valence-electron chi connectivity index (χ1n) is 12.2. The van der Waals surface area contributed by atoms with Crippen molar-refractivity contribution in [1.82, 2.24) is 4.90 Å². The largest absolute Gasteiger partial charge is 0.482 e. The zero-order valence-corrected chi connectivity index (χ0v) is 20.7. The standard InChI is InChI=1S/C29H37NO4/c1-5-7-12-23(22-31)13-8-9-14-24-21-29(33-26-16-11-10-15-25(24)26)17-19-30(20-18-29)27(32)34-28(3,4)6-2/h5,8,10-13,15-16,21-22H,1,6-7,9,14,17-20H2,2-4H3/b13-8-,23-12+. The molecular weight excluding hydrogens is 426 g/mol. The zero-order valence-electron chi connectivity index (χ0n) is 20.7. The lowest BCUT2D eigenvalue weighted by Gasteiger charge is -2.43. The maximum atomic E-state index is 12.6. The Morgan fingerprint density at radius 1 is 1.26 bits per heavy atom. The summed E-state index contributed by atoms with van der Waals surface area (Å²) in [5.41, 5.74) is 2.16. The summed E-state index contributed by atoms with van der Waals surface area (Å²) in [6.45, 7) is 10.8. The molecule has 2 heterocycles. The second-order valence-electron chi connectivity index (χ2n) is 9.59. The predicted molar refractivity (Wildman–Crippen MR) is 137 cm³/mol. The maximum Gasteiger partial charge on any atom is 0.410 e. The molecule has 182 valence electrons. The molecule has 0 aromatic heterocycles. The predicted octanol–water partition coefficient (Wildman–Crippen LogP) is 6.66. The van der Waals surface area contributed by atoms with Gasteiger partial charge >= 0.3 is 6.09 Å². The number of hydrogen-bond acceptors (Lipinski definition) is 4. The SMILES string of the molecule is C=CC/C=C(C=O)\C=C/CCC1=CC2(CCN(C(=O)OC(C)(C)CC)CC2)Oc2ccccc21. The van der Waals surface area contributed by atoms with E-state index in [1.54, 1.807) is 11.0 Å². The van der Waals surface area contributed by atoms with E-state index in [0.29, 0.717) is 25.1 Å². The number of piperidine rings is 1. The van der Waals surface area contributed by atoms with Gasteiger partial charge in [-0.15, -0.1) is 6.58 Å². The van der Waals surface area contributed by atoms with Crippen molar-refractivity contribution in [3.63, 3.8) is 0 Å². The van der Waals surface area contributed by atoms with Crippen molar-refractivity contribution in [1.29, 1.82) is 0 Å². The van der Waals surface area contributed by atoms with Gasteiger partial charge in [-0.05, 0) is 57.2 Å². The van der Waals surface area contributed by atoms with E-state index < -0.39 is 11.2 Å². The van der Waals surface area contributed by atoms with E-state index in [-0.39, 0.29) is 6.09 Å². The van der Waals surface area contributed by atoms with Crippen LogP contribution in [0.2, 0.25) is 0 Å². The summed E-state index contributed by atoms with van der Waals surface area (Å²) >= 11 is 0. The number of ether oxygens (including phenoxy) is 2. The van der Waals surface area contributed by atoms with Crippen molar-refractivity contribution in [2.24, 2.45) is 0 Å². The lowest BCUT2D eigenvalue weighted by molar-refractivity contribution is -0.104. The normalized spacial score (nSPS) is 17.7. The number of hydrogen-bond donors (Lipinski definition) is 0. The van der Waals surface area contributed by atoms with Gasteiger partial charge in [-0.1, -0.05) is 49.4 Å². The second kappa shape index (κ2) is 11.4. The van der Waals surface area contributed by atoms with Gasteiger partial charge in [0.05, 0.1) is 0 Å². The Labute approximate surface area is 203 Å². The summed E-state index contributed by atoms with van der Waals surface area (Å²) in [6, 6.07) is 8.14. The third-order valence-electron chi connectivity index (χ3n) is 6.61. The fourth-order valence-electron chi connectivity index (χ4n) is 4.19. The third-order valence-corrected chi connectivity index (χ3v) is 6.61. The molecule has 0 radical (unpaired) electrons. The van der Waals surface area contributed by atoms with Gasteiger partial charge in [-0.2, -0.15) is 0 Å². The quantitative estimate of drug-likeness (QED) is 0.178. The van der Waals surface area contributed by atoms with Gasteiger partial charge in [0.25, 0.3) is 0 Å². The third kappa shape index (κ3) is 6.49. The number of carbonyl (C=O) groups is 2. The molecule has 0 unspecified atom stereocenters. The first-order valence-corrected chi connectivity index (χ1v) is 12.2. The molecule has 5 nitrogen and oxygen atoms in total. The fraction of sp³-hybridized carbons (Fsp3) is 0.448. The topological polar surface area (TPSA) is 55.8 Å². The van der Waals surface area contributed by atoms with E-state index in [1.807, 2.05) is 57.2 Å². The second-order valence-corrected chi connectivity index (χ2v) is 9.59. The Hall–Kier alpha value is -3.08. The van der Waals surface area contributed by atoms with Crippen LogP contribution in [0.1, 0.15) is 64.9 Å². The van der Waals surface area contributed by atoms with Gasteiger partial charge in [0.2, 0.25) is 0 Å². The van der Waals surface area contributed by atoms with Crippen LogP contribution in [-0.2, 0) is 9.53 Å². The van der Waals surface area contributed by atoms with Crippen molar-refractivity contribution in [3.05, 3.63) is 72.4 Å². The molecule has 1 amide bonds. The van der Waals surface area contributed by atoms with Crippen LogP contribution in [0.25, 0.3) is 5.57 Å². The number of rotatable bonds is 9. The molecule has 1 aromatic rings. The molecule has 5 heteroatoms. The number of amides is 1. The van der Waals surface area contributed by atoms with E-state index in [2.05, 4.69) is 18.7 Å². The van der Waals surface area contributed by atoms with Crippen molar-refractivity contribution < 1.29 is 19.1 Å². The van der Waals surface area contributed by atoms with Crippen molar-refractivity contribution >= 4 is 18.0 Å². The molecule has 0 atom stereocenters. The Bertz CT molecular complexity index is 978. The average molecular weight is 464 g/mol. The minimum atomic E-state index is -0.461. The molecule has 1 spiro atoms. The number of carbonyl (C=O) groups excluding carboxylic acids is 2. The molecule has 1 saturated heterocycles. The molecule has 0 bridgehead atoms. The summed E-state index contributed by atoms with van der Waals surface area (Å²) in [5, 5.41) is 0. The molecule has 3 rings (SSSR count). The van der Waals surface area contributed by atoms with Crippen LogP contribution < -0.4 is 4.74 Å². The van der Waals surface area contributed by atoms with Gasteiger partial charge in [0, 0.05) is 37.1 Å². The van der Waals surface area contributed by atoms with Crippen LogP contribution >= 0.6 is 0 Å². The van der Waals surface area contributed by atoms with Gasteiger partial charge in [-0.3, -0.25) is 4.79 Å². The van der Waals surface area contributed by atoms with Crippen LogP contribution in [-0.4, -0.2) is 41.6 Å². The number of nitrogens with zero attached hydrogens (tertiary/aromatic N) is 1. The Balaban J connectivity index is 1.70. The van der Waals surface area contributed by atoms with E-state index in [9.17, 15) is 9.59 Å². The summed E-state index contributed by atoms with van der Waals surface area (Å²) in [4.78, 5) is 25.6. The lowest BCUT2D eigenvalue weighted by Crippen LogP contribution is -2.50. The molecule has 0 N–H and O–H groups in total. The first-order chi connectivity index (χ1) is 16.3. The lowest BCUT2D eigenvalue weighted by atomic mass is 9.84. The van der Waals surface area contributed by atoms with Crippen LogP contribution in [0.4, 0.5) is 4.79 Å². The van der Waals surface area contributed by atoms with Crippen molar-refractivity contribution in [2.75, 3.05) is 13.1 Å². The highest BCUT2D eigenvalue weighted by atomic mass is 16.6. The highest BCUT2D eigenvalue weighted by Crippen LogP contribution is 2.42. The van der Waals surface area contributed by atoms with Gasteiger partial charge < -0.3 is 14.4 Å². The number of likely N-dealkylation sites (tertiary alicyclic amines) is 1. The van der Waals surface area contributed by atoms with E-state index in [1.165, 1.54) is 5.57 Å². The molecule has 1 fully saturated rings. The van der Waals surface area contributed by atoms with E-state index in [4.69, 9.17) is 9.47 Å². The van der Waals surface area contributed by atoms with Crippen molar-refractivity contribution in [3.8, 4) is 5.75 Å². The molecular formula is C29H37NO4. The Morgan fingerprint density at radius 2 is 2.00 bits per heavy atom. The molecule has 1 aromatic carbocycles. The molecule has 0 saturated carbocycles. The van der Waals surface area contributed by atoms with Gasteiger partial charge in [0.15, 0.2) is 0 Å². The molecule has 34 heavy (non-hydrogen) atoms. The summed E-state index contributed by atoms with van der Waals surface area (Å²) < 4.78 is 12.2. The minimum absolute atomic E-state index is 0.247. The van der Waals surface area contributed by atoms with Crippen molar-refractivity contribution in [2.45, 2.75) is 70.5 Å². The zero-order chi connectivity index (χ0) is 24.6. The smallest absolute Gasteiger partial charge is 0.410 e. The fourth-order valence-corrected chi connectivity index (χ4v) is 4.19. The summed E-state index contributed by atoms with van der Waals surface area (Å²) in [5.74, 6) is 0.895. The van der Waals surface area contributed by atoms with Crippen LogP contribution in [0.15, 0.2) is 66.8 Å². The summed E-state index contributed by atoms with van der Waals surface area (Å²) in [6.07, 6.45) is 15.0. The number of fused-ring (bicyclic) bond motifs is 1. The van der Waals surface area contributed by atoms with E-state index in [0.717, 1.165) is 49.7 Å². The molecule has 2 aliphatic rings. The highest BCUT2D eigenvalue weighted by molar-refractivity contribution is 5.77. The Kier molecular flexibility index (Phi) is 8.54. The molecule has 2 aliphatic heterocycles. The van der Waals surface area contributed by atoms with E-state index >= 15 is 0 Å². The Morgan fingerprint density at radius 3 is 2.68 bits per heavy atom. The maximum absolute atomic E-state index is 12.6. The number of allylic oxidation sites excluding steroid dienone is 6. The summed E-state index contributed by atoms with van der Waals surface area (Å²) in [7, 11) is 0. The average Bonchev–Trinajstić information content (AvgIpc) is 2.83. The van der Waals surface area contributed by atoms with Crippen LogP contribution in [0, 0.1) is 0 Å². The minimum Gasteiger partial charge on any atom is -0.482 e. The monoisotopic (exact) mass is 463 g/mol. The first kappa shape index (κ1) is 25.5. The highest BCUT2D eigenvalue weighted by Gasteiger charge is 2.40. The molecule has 0 aliphatic carbocycles. The number of benzene rings is 1. The number of aldehydes is 1. The van der Waals surface area contributed by atoms with Gasteiger partial charge in [-0.25, -0.2) is 4.79 Å². The van der Waals surface area contributed by atoms with Gasteiger partial charge in [0.1, 0.15) is 23.2 Å². The van der Waals surface area contributed by atoms with Crippen LogP contribution in [0.5, 0.6) is 5.75 Å².